The van der Waals surface area contributed by atoms with Crippen LogP contribution in [0.25, 0.3) is 0 Å². The Bertz CT molecular complexity index is 502. The molecule has 0 aliphatic rings. The quantitative estimate of drug-likeness (QED) is 0.654. The second kappa shape index (κ2) is 8.14. The Hall–Kier alpha value is -2.24. The van der Waals surface area contributed by atoms with Crippen LogP contribution in [-0.4, -0.2) is 38.0 Å². The lowest BCUT2D eigenvalue weighted by Crippen LogP contribution is -2.37. The van der Waals surface area contributed by atoms with Crippen LogP contribution < -0.4 is 21.3 Å². The summed E-state index contributed by atoms with van der Waals surface area (Å²) in [5, 5.41) is 5.51. The largest absolute Gasteiger partial charge is 0.397 e. The van der Waals surface area contributed by atoms with E-state index in [0.29, 0.717) is 36.6 Å². The number of nitrogens with zero attached hydrogens (tertiary/aromatic N) is 1. The van der Waals surface area contributed by atoms with Gasteiger partial charge in [0, 0.05) is 25.2 Å². The van der Waals surface area contributed by atoms with E-state index < -0.39 is 0 Å². The monoisotopic (exact) mass is 292 g/mol. The zero-order chi connectivity index (χ0) is 15.8. The molecule has 0 heterocycles. The van der Waals surface area contributed by atoms with E-state index in [4.69, 9.17) is 5.73 Å². The fraction of sp³-hybridized carbons (Fsp3) is 0.467. The Morgan fingerprint density at radius 3 is 2.38 bits per heavy atom. The number of rotatable bonds is 7. The van der Waals surface area contributed by atoms with E-state index in [9.17, 15) is 9.59 Å². The molecule has 1 rings (SSSR count). The van der Waals surface area contributed by atoms with Crippen molar-refractivity contribution in [2.24, 2.45) is 0 Å². The molecular formula is C15H24N4O2. The summed E-state index contributed by atoms with van der Waals surface area (Å²) < 4.78 is 0. The van der Waals surface area contributed by atoms with Crippen molar-refractivity contribution in [2.75, 3.05) is 36.8 Å². The van der Waals surface area contributed by atoms with Crippen molar-refractivity contribution in [1.29, 1.82) is 0 Å². The fourth-order valence-electron chi connectivity index (χ4n) is 2.02. The average molecular weight is 292 g/mol. The van der Waals surface area contributed by atoms with Gasteiger partial charge >= 0.3 is 0 Å². The molecule has 21 heavy (non-hydrogen) atoms. The second-order valence-corrected chi connectivity index (χ2v) is 4.60. The lowest BCUT2D eigenvalue weighted by molar-refractivity contribution is -0.119. The standard InChI is InChI=1S/C15H24N4O2/c1-4-17-14(20)10-19(6-3)13-9-11(7-8-12(13)16)15(21)18-5-2/h7-9H,4-6,10,16H2,1-3H3,(H,17,20)(H,18,21). The van der Waals surface area contributed by atoms with Crippen molar-refractivity contribution in [3.8, 4) is 0 Å². The molecule has 0 unspecified atom stereocenters. The van der Waals surface area contributed by atoms with Crippen LogP contribution in [0.4, 0.5) is 11.4 Å². The minimum Gasteiger partial charge on any atom is -0.397 e. The molecule has 6 nitrogen and oxygen atoms in total. The number of nitrogen functional groups attached to an aromatic ring is 1. The van der Waals surface area contributed by atoms with Crippen molar-refractivity contribution in [3.05, 3.63) is 23.8 Å². The van der Waals surface area contributed by atoms with Crippen molar-refractivity contribution >= 4 is 23.2 Å². The zero-order valence-corrected chi connectivity index (χ0v) is 12.9. The summed E-state index contributed by atoms with van der Waals surface area (Å²) in [5.74, 6) is -0.213. The Balaban J connectivity index is 2.99. The van der Waals surface area contributed by atoms with Crippen LogP contribution in [0, 0.1) is 0 Å². The molecule has 0 saturated carbocycles. The van der Waals surface area contributed by atoms with Crippen LogP contribution in [0.15, 0.2) is 18.2 Å². The van der Waals surface area contributed by atoms with Gasteiger partial charge < -0.3 is 21.3 Å². The summed E-state index contributed by atoms with van der Waals surface area (Å²) in [7, 11) is 0. The summed E-state index contributed by atoms with van der Waals surface area (Å²) in [5.41, 5.74) is 7.77. The summed E-state index contributed by atoms with van der Waals surface area (Å²) in [4.78, 5) is 25.5. The van der Waals surface area contributed by atoms with Gasteiger partial charge in [-0.2, -0.15) is 0 Å². The molecule has 0 aliphatic carbocycles. The number of hydrogen-bond donors (Lipinski definition) is 3. The molecule has 6 heteroatoms. The Morgan fingerprint density at radius 2 is 1.81 bits per heavy atom. The summed E-state index contributed by atoms with van der Waals surface area (Å²) in [6.07, 6.45) is 0. The maximum Gasteiger partial charge on any atom is 0.251 e. The number of carbonyl (C=O) groups excluding carboxylic acids is 2. The van der Waals surface area contributed by atoms with Crippen molar-refractivity contribution in [3.63, 3.8) is 0 Å². The van der Waals surface area contributed by atoms with Gasteiger partial charge in [0.15, 0.2) is 0 Å². The predicted octanol–water partition coefficient (Wildman–Crippen LogP) is 0.981. The molecule has 0 fully saturated rings. The first-order valence-electron chi connectivity index (χ1n) is 7.22. The summed E-state index contributed by atoms with van der Waals surface area (Å²) in [6.45, 7) is 7.67. The van der Waals surface area contributed by atoms with E-state index in [1.807, 2.05) is 25.7 Å². The predicted molar refractivity (Wildman–Crippen MR) is 85.4 cm³/mol. The SMILES string of the molecule is CCNC(=O)CN(CC)c1cc(C(=O)NCC)ccc1N. The molecule has 2 amide bonds. The van der Waals surface area contributed by atoms with E-state index in [0.717, 1.165) is 0 Å². The van der Waals surface area contributed by atoms with Gasteiger partial charge in [-0.25, -0.2) is 0 Å². The number of benzene rings is 1. The number of hydrogen-bond acceptors (Lipinski definition) is 4. The van der Waals surface area contributed by atoms with Crippen LogP contribution in [0.3, 0.4) is 0 Å². The van der Waals surface area contributed by atoms with Crippen LogP contribution >= 0.6 is 0 Å². The molecule has 0 spiro atoms. The zero-order valence-electron chi connectivity index (χ0n) is 12.9. The molecule has 1 aromatic carbocycles. The van der Waals surface area contributed by atoms with E-state index in [1.165, 1.54) is 0 Å². The summed E-state index contributed by atoms with van der Waals surface area (Å²) >= 11 is 0. The van der Waals surface area contributed by atoms with Crippen molar-refractivity contribution in [1.82, 2.24) is 10.6 Å². The molecule has 0 radical (unpaired) electrons. The smallest absolute Gasteiger partial charge is 0.251 e. The fourth-order valence-corrected chi connectivity index (χ4v) is 2.02. The molecule has 0 aliphatic heterocycles. The molecule has 0 bridgehead atoms. The van der Waals surface area contributed by atoms with Gasteiger partial charge in [-0.05, 0) is 39.0 Å². The van der Waals surface area contributed by atoms with E-state index in [2.05, 4.69) is 10.6 Å². The maximum atomic E-state index is 11.9. The van der Waals surface area contributed by atoms with Gasteiger partial charge in [-0.15, -0.1) is 0 Å². The highest BCUT2D eigenvalue weighted by molar-refractivity contribution is 5.96. The minimum atomic E-state index is -0.146. The van der Waals surface area contributed by atoms with Crippen LogP contribution in [0.5, 0.6) is 0 Å². The number of nitrogens with two attached hydrogens (primary N) is 1. The third-order valence-electron chi connectivity index (χ3n) is 3.06. The average Bonchev–Trinajstić information content (AvgIpc) is 2.46. The first kappa shape index (κ1) is 16.8. The van der Waals surface area contributed by atoms with Gasteiger partial charge in [0.1, 0.15) is 0 Å². The second-order valence-electron chi connectivity index (χ2n) is 4.60. The van der Waals surface area contributed by atoms with Crippen LogP contribution in [-0.2, 0) is 4.79 Å². The van der Waals surface area contributed by atoms with Gasteiger partial charge in [0.25, 0.3) is 5.91 Å². The highest BCUT2D eigenvalue weighted by atomic mass is 16.2. The lowest BCUT2D eigenvalue weighted by atomic mass is 10.1. The molecule has 116 valence electrons. The number of likely N-dealkylation sites (N-methyl/N-ethyl adjacent to an activating group) is 2. The van der Waals surface area contributed by atoms with Gasteiger partial charge in [0.2, 0.25) is 5.91 Å². The highest BCUT2D eigenvalue weighted by Gasteiger charge is 2.14. The first-order valence-corrected chi connectivity index (χ1v) is 7.22. The number of nitrogens with one attached hydrogen (secondary N) is 2. The maximum absolute atomic E-state index is 11.9. The van der Waals surface area contributed by atoms with Gasteiger partial charge in [0.05, 0.1) is 17.9 Å². The number of amides is 2. The van der Waals surface area contributed by atoms with Crippen LogP contribution in [0.1, 0.15) is 31.1 Å². The van der Waals surface area contributed by atoms with E-state index >= 15 is 0 Å². The van der Waals surface area contributed by atoms with Gasteiger partial charge in [-0.3, -0.25) is 9.59 Å². The number of carbonyl (C=O) groups is 2. The third kappa shape index (κ3) is 4.66. The van der Waals surface area contributed by atoms with Crippen LogP contribution in [0.2, 0.25) is 0 Å². The molecular weight excluding hydrogens is 268 g/mol. The Labute approximate surface area is 125 Å². The topological polar surface area (TPSA) is 87.5 Å². The molecule has 1 aromatic rings. The normalized spacial score (nSPS) is 10.0. The molecule has 0 atom stereocenters. The third-order valence-corrected chi connectivity index (χ3v) is 3.06. The van der Waals surface area contributed by atoms with E-state index in [-0.39, 0.29) is 18.4 Å². The first-order chi connectivity index (χ1) is 10.0. The molecule has 4 N–H and O–H groups in total. The highest BCUT2D eigenvalue weighted by Crippen LogP contribution is 2.24. The van der Waals surface area contributed by atoms with Crippen molar-refractivity contribution in [2.45, 2.75) is 20.8 Å². The summed E-state index contributed by atoms with van der Waals surface area (Å²) in [6, 6.07) is 5.10. The Morgan fingerprint density at radius 1 is 1.14 bits per heavy atom. The van der Waals surface area contributed by atoms with E-state index in [1.54, 1.807) is 18.2 Å². The van der Waals surface area contributed by atoms with Crippen molar-refractivity contribution < 1.29 is 9.59 Å². The van der Waals surface area contributed by atoms with Gasteiger partial charge in [-0.1, -0.05) is 0 Å². The number of anilines is 2. The minimum absolute atomic E-state index is 0.0674. The lowest BCUT2D eigenvalue weighted by Gasteiger charge is -2.24. The Kier molecular flexibility index (Phi) is 6.52. The molecule has 0 saturated heterocycles. The molecule has 0 aromatic heterocycles.